The van der Waals surface area contributed by atoms with Gasteiger partial charge in [-0.15, -0.1) is 10.2 Å². The first-order valence-corrected chi connectivity index (χ1v) is 12.2. The highest BCUT2D eigenvalue weighted by molar-refractivity contribution is 7.89. The van der Waals surface area contributed by atoms with Crippen molar-refractivity contribution in [2.45, 2.75) is 11.8 Å². The molecule has 10 nitrogen and oxygen atoms in total. The van der Waals surface area contributed by atoms with Crippen molar-refractivity contribution in [3.8, 4) is 22.8 Å². The molecule has 2 aliphatic rings. The van der Waals surface area contributed by atoms with Gasteiger partial charge in [0.1, 0.15) is 0 Å². The number of sulfonamides is 1. The Morgan fingerprint density at radius 2 is 1.65 bits per heavy atom. The zero-order valence-electron chi connectivity index (χ0n) is 18.5. The molecule has 176 valence electrons. The fourth-order valence-electron chi connectivity index (χ4n) is 3.92. The third-order valence-corrected chi connectivity index (χ3v) is 7.61. The van der Waals surface area contributed by atoms with Gasteiger partial charge in [0.15, 0.2) is 17.3 Å². The van der Waals surface area contributed by atoms with Gasteiger partial charge in [0, 0.05) is 44.4 Å². The van der Waals surface area contributed by atoms with Crippen molar-refractivity contribution in [3.63, 3.8) is 0 Å². The van der Waals surface area contributed by atoms with Gasteiger partial charge in [-0.3, -0.25) is 4.79 Å². The van der Waals surface area contributed by atoms with E-state index in [1.807, 2.05) is 35.2 Å². The maximum absolute atomic E-state index is 13.0. The van der Waals surface area contributed by atoms with Crippen molar-refractivity contribution < 1.29 is 22.7 Å². The maximum Gasteiger partial charge on any atom is 0.243 e. The number of carbonyl (C=O) groups excluding carboxylic acids is 1. The smallest absolute Gasteiger partial charge is 0.243 e. The van der Waals surface area contributed by atoms with Crippen molar-refractivity contribution in [2.75, 3.05) is 43.2 Å². The fraction of sp³-hybridized carbons (Fsp3) is 0.261. The monoisotopic (exact) mass is 481 g/mol. The van der Waals surface area contributed by atoms with Crippen LogP contribution in [0.15, 0.2) is 59.5 Å². The van der Waals surface area contributed by atoms with E-state index in [1.54, 1.807) is 12.1 Å². The van der Waals surface area contributed by atoms with E-state index < -0.39 is 10.0 Å². The summed E-state index contributed by atoms with van der Waals surface area (Å²) in [5, 5.41) is 11.3. The van der Waals surface area contributed by atoms with Crippen LogP contribution >= 0.6 is 0 Å². The van der Waals surface area contributed by atoms with E-state index >= 15 is 0 Å². The van der Waals surface area contributed by atoms with E-state index in [4.69, 9.17) is 9.47 Å². The first-order valence-electron chi connectivity index (χ1n) is 10.8. The predicted molar refractivity (Wildman–Crippen MR) is 125 cm³/mol. The SMILES string of the molecule is CC(=O)Nc1ccc(S(=O)(=O)N2CCN(c3ccc(-c4ccc5c(c4)OCO5)nn3)CC2)cc1. The van der Waals surface area contributed by atoms with Crippen LogP contribution in [0.3, 0.4) is 0 Å². The van der Waals surface area contributed by atoms with E-state index in [0.29, 0.717) is 54.9 Å². The molecule has 5 rings (SSSR count). The maximum atomic E-state index is 13.0. The lowest BCUT2D eigenvalue weighted by atomic mass is 10.1. The van der Waals surface area contributed by atoms with Crippen molar-refractivity contribution in [3.05, 3.63) is 54.6 Å². The first-order chi connectivity index (χ1) is 16.4. The molecule has 0 bridgehead atoms. The first kappa shape index (κ1) is 22.1. The number of aromatic nitrogens is 2. The van der Waals surface area contributed by atoms with Gasteiger partial charge in [0.25, 0.3) is 0 Å². The van der Waals surface area contributed by atoms with Gasteiger partial charge in [-0.1, -0.05) is 0 Å². The third-order valence-electron chi connectivity index (χ3n) is 5.69. The summed E-state index contributed by atoms with van der Waals surface area (Å²) in [6.07, 6.45) is 0. The summed E-state index contributed by atoms with van der Waals surface area (Å²) >= 11 is 0. The Morgan fingerprint density at radius 1 is 0.912 bits per heavy atom. The molecule has 3 heterocycles. The zero-order valence-corrected chi connectivity index (χ0v) is 19.3. The van der Waals surface area contributed by atoms with Crippen molar-refractivity contribution >= 4 is 27.4 Å². The normalized spacial score (nSPS) is 15.9. The molecule has 2 aromatic carbocycles. The van der Waals surface area contributed by atoms with E-state index in [-0.39, 0.29) is 17.6 Å². The summed E-state index contributed by atoms with van der Waals surface area (Å²) in [6, 6.07) is 15.6. The highest BCUT2D eigenvalue weighted by Gasteiger charge is 2.29. The van der Waals surface area contributed by atoms with Crippen molar-refractivity contribution in [2.24, 2.45) is 0 Å². The second-order valence-corrected chi connectivity index (χ2v) is 9.88. The fourth-order valence-corrected chi connectivity index (χ4v) is 5.35. The Kier molecular flexibility index (Phi) is 5.80. The van der Waals surface area contributed by atoms with Crippen LogP contribution < -0.4 is 19.7 Å². The Bertz CT molecular complexity index is 1300. The Balaban J connectivity index is 1.23. The number of nitrogens with zero attached hydrogens (tertiary/aromatic N) is 4. The van der Waals surface area contributed by atoms with Crippen LogP contribution in [0.1, 0.15) is 6.92 Å². The van der Waals surface area contributed by atoms with Gasteiger partial charge >= 0.3 is 0 Å². The highest BCUT2D eigenvalue weighted by Crippen LogP contribution is 2.35. The van der Waals surface area contributed by atoms with E-state index in [9.17, 15) is 13.2 Å². The van der Waals surface area contributed by atoms with E-state index in [2.05, 4.69) is 15.5 Å². The summed E-state index contributed by atoms with van der Waals surface area (Å²) in [6.45, 7) is 3.29. The molecule has 0 atom stereocenters. The molecule has 0 aliphatic carbocycles. The number of ether oxygens (including phenoxy) is 2. The standard InChI is InChI=1S/C23H23N5O5S/c1-16(29)24-18-3-5-19(6-4-18)34(30,31)28-12-10-27(11-13-28)23-9-7-20(25-26-23)17-2-8-21-22(14-17)33-15-32-21/h2-9,14H,10-13,15H2,1H3,(H,24,29). The zero-order chi connectivity index (χ0) is 23.7. The molecular weight excluding hydrogens is 458 g/mol. The quantitative estimate of drug-likeness (QED) is 0.591. The lowest BCUT2D eigenvalue weighted by Crippen LogP contribution is -2.49. The number of hydrogen-bond donors (Lipinski definition) is 1. The van der Waals surface area contributed by atoms with Crippen LogP contribution in [0, 0.1) is 0 Å². The number of piperazine rings is 1. The molecule has 0 unspecified atom stereocenters. The molecule has 1 N–H and O–H groups in total. The largest absolute Gasteiger partial charge is 0.454 e. The lowest BCUT2D eigenvalue weighted by Gasteiger charge is -2.34. The van der Waals surface area contributed by atoms with E-state index in [0.717, 1.165) is 5.56 Å². The van der Waals surface area contributed by atoms with Crippen molar-refractivity contribution in [1.29, 1.82) is 0 Å². The van der Waals surface area contributed by atoms with Crippen LogP contribution in [0.4, 0.5) is 11.5 Å². The number of rotatable bonds is 5. The van der Waals surface area contributed by atoms with Gasteiger partial charge in [-0.2, -0.15) is 4.31 Å². The van der Waals surface area contributed by atoms with Crippen LogP contribution in [0.2, 0.25) is 0 Å². The second-order valence-electron chi connectivity index (χ2n) is 7.94. The van der Waals surface area contributed by atoms with Crippen LogP contribution in [0.5, 0.6) is 11.5 Å². The molecule has 1 fully saturated rings. The number of fused-ring (bicyclic) bond motifs is 1. The molecule has 1 saturated heterocycles. The van der Waals surface area contributed by atoms with Gasteiger partial charge in [0.2, 0.25) is 22.7 Å². The number of anilines is 2. The molecule has 0 saturated carbocycles. The predicted octanol–water partition coefficient (Wildman–Crippen LogP) is 2.34. The van der Waals surface area contributed by atoms with E-state index in [1.165, 1.54) is 23.4 Å². The molecule has 11 heteroatoms. The molecular formula is C23H23N5O5S. The average Bonchev–Trinajstić information content (AvgIpc) is 3.32. The summed E-state index contributed by atoms with van der Waals surface area (Å²) in [7, 11) is -3.62. The number of amides is 1. The minimum atomic E-state index is -3.62. The minimum absolute atomic E-state index is 0.197. The molecule has 34 heavy (non-hydrogen) atoms. The number of benzene rings is 2. The molecule has 1 amide bonds. The molecule has 0 spiro atoms. The molecule has 3 aromatic rings. The number of carbonyl (C=O) groups is 1. The minimum Gasteiger partial charge on any atom is -0.454 e. The highest BCUT2D eigenvalue weighted by atomic mass is 32.2. The second kappa shape index (κ2) is 8.92. The summed E-state index contributed by atoms with van der Waals surface area (Å²) in [4.78, 5) is 13.4. The average molecular weight is 482 g/mol. The summed E-state index contributed by atoms with van der Waals surface area (Å²) in [5.41, 5.74) is 2.15. The Morgan fingerprint density at radius 3 is 2.32 bits per heavy atom. The molecule has 1 aromatic heterocycles. The molecule has 2 aliphatic heterocycles. The third kappa shape index (κ3) is 4.39. The van der Waals surface area contributed by atoms with Gasteiger partial charge in [-0.05, 0) is 54.6 Å². The van der Waals surface area contributed by atoms with Gasteiger partial charge in [-0.25, -0.2) is 8.42 Å². The van der Waals surface area contributed by atoms with Gasteiger partial charge in [0.05, 0.1) is 10.6 Å². The summed E-state index contributed by atoms with van der Waals surface area (Å²) < 4.78 is 38.3. The Labute approximate surface area is 197 Å². The Hall–Kier alpha value is -3.70. The molecule has 0 radical (unpaired) electrons. The van der Waals surface area contributed by atoms with Crippen LogP contribution in [-0.4, -0.2) is 61.8 Å². The summed E-state index contributed by atoms with van der Waals surface area (Å²) in [5.74, 6) is 1.88. The lowest BCUT2D eigenvalue weighted by molar-refractivity contribution is -0.114. The number of hydrogen-bond acceptors (Lipinski definition) is 8. The van der Waals surface area contributed by atoms with Crippen LogP contribution in [-0.2, 0) is 14.8 Å². The topological polar surface area (TPSA) is 114 Å². The number of nitrogens with one attached hydrogen (secondary N) is 1. The van der Waals surface area contributed by atoms with Crippen molar-refractivity contribution in [1.82, 2.24) is 14.5 Å². The van der Waals surface area contributed by atoms with Gasteiger partial charge < -0.3 is 19.7 Å². The van der Waals surface area contributed by atoms with Crippen LogP contribution in [0.25, 0.3) is 11.3 Å².